The molecule has 0 unspecified atom stereocenters. The second-order valence-electron chi connectivity index (χ2n) is 4.10. The summed E-state index contributed by atoms with van der Waals surface area (Å²) in [7, 11) is -1.76. The van der Waals surface area contributed by atoms with Gasteiger partial charge in [-0.3, -0.25) is 0 Å². The highest BCUT2D eigenvalue weighted by Gasteiger charge is 2.30. The molecule has 0 saturated heterocycles. The van der Waals surface area contributed by atoms with Crippen molar-refractivity contribution >= 4 is 21.2 Å². The summed E-state index contributed by atoms with van der Waals surface area (Å²) < 4.78 is 15.7. The molecule has 0 bridgehead atoms. The fraction of sp³-hybridized carbons (Fsp3) is 0.385. The zero-order valence-electron chi connectivity index (χ0n) is 11.0. The molecule has 1 aliphatic heterocycles. The van der Waals surface area contributed by atoms with Gasteiger partial charge in [0.1, 0.15) is 0 Å². The van der Waals surface area contributed by atoms with E-state index in [1.807, 2.05) is 19.9 Å². The topological polar surface area (TPSA) is 61.8 Å². The van der Waals surface area contributed by atoms with E-state index in [9.17, 15) is 9.59 Å². The fourth-order valence-electron chi connectivity index (χ4n) is 1.99. The molecule has 1 heterocycles. The molecule has 0 radical (unpaired) electrons. The molecule has 0 N–H and O–H groups in total. The first kappa shape index (κ1) is 13.9. The summed E-state index contributed by atoms with van der Waals surface area (Å²) in [5.41, 5.74) is 1.60. The highest BCUT2D eigenvalue weighted by molar-refractivity contribution is 6.43. The second-order valence-corrected chi connectivity index (χ2v) is 6.04. The Hall–Kier alpha value is -1.50. The number of hydrogen-bond donors (Lipinski definition) is 0. The van der Waals surface area contributed by atoms with Crippen molar-refractivity contribution in [3.63, 3.8) is 0 Å². The van der Waals surface area contributed by atoms with Crippen molar-refractivity contribution in [2.75, 3.05) is 13.2 Å². The molecule has 0 amide bonds. The first-order chi connectivity index (χ1) is 9.15. The molecular formula is C13H16O5Si. The monoisotopic (exact) mass is 280 g/mol. The van der Waals surface area contributed by atoms with Gasteiger partial charge in [0.05, 0.1) is 11.1 Å². The molecule has 1 aromatic carbocycles. The summed E-state index contributed by atoms with van der Waals surface area (Å²) in [6.07, 6.45) is 0. The summed E-state index contributed by atoms with van der Waals surface area (Å²) in [5.74, 6) is -1.15. The molecular weight excluding hydrogens is 264 g/mol. The minimum absolute atomic E-state index is 0.333. The van der Waals surface area contributed by atoms with Crippen LogP contribution in [0, 0.1) is 0 Å². The average Bonchev–Trinajstić information content (AvgIpc) is 2.65. The lowest BCUT2D eigenvalue weighted by atomic mass is 10.1. The first-order valence-corrected chi connectivity index (χ1v) is 8.04. The molecule has 1 aliphatic rings. The Morgan fingerprint density at radius 2 is 1.68 bits per heavy atom. The molecule has 1 aromatic rings. The molecule has 0 spiro atoms. The van der Waals surface area contributed by atoms with E-state index in [-0.39, 0.29) is 0 Å². The Labute approximate surface area is 113 Å². The van der Waals surface area contributed by atoms with Gasteiger partial charge in [0, 0.05) is 19.3 Å². The second kappa shape index (κ2) is 6.09. The van der Waals surface area contributed by atoms with Crippen molar-refractivity contribution in [2.24, 2.45) is 0 Å². The van der Waals surface area contributed by atoms with Crippen LogP contribution in [0.25, 0.3) is 0 Å². The van der Waals surface area contributed by atoms with E-state index in [2.05, 4.69) is 4.74 Å². The van der Waals surface area contributed by atoms with Gasteiger partial charge in [-0.25, -0.2) is 9.59 Å². The minimum Gasteiger partial charge on any atom is -0.397 e. The summed E-state index contributed by atoms with van der Waals surface area (Å²) >= 11 is 0. The van der Waals surface area contributed by atoms with Crippen molar-refractivity contribution in [3.05, 3.63) is 34.9 Å². The maximum Gasteiger partial charge on any atom is 0.346 e. The molecule has 19 heavy (non-hydrogen) atoms. The molecule has 0 atom stereocenters. The third-order valence-corrected chi connectivity index (χ3v) is 5.03. The summed E-state index contributed by atoms with van der Waals surface area (Å²) in [4.78, 5) is 22.8. The van der Waals surface area contributed by atoms with Gasteiger partial charge < -0.3 is 13.6 Å². The molecule has 5 nitrogen and oxygen atoms in total. The largest absolute Gasteiger partial charge is 0.397 e. The number of carbonyl (C=O) groups excluding carboxylic acids is 2. The molecule has 0 fully saturated rings. The summed E-state index contributed by atoms with van der Waals surface area (Å²) in [6.45, 7) is 5.08. The summed E-state index contributed by atoms with van der Waals surface area (Å²) in [6, 6.07) is 5.80. The lowest BCUT2D eigenvalue weighted by Gasteiger charge is -2.14. The van der Waals surface area contributed by atoms with Gasteiger partial charge in [0.15, 0.2) is 0 Å². The van der Waals surface area contributed by atoms with Crippen molar-refractivity contribution in [1.82, 2.24) is 0 Å². The molecule has 0 aliphatic carbocycles. The van der Waals surface area contributed by atoms with Crippen molar-refractivity contribution < 1.29 is 23.2 Å². The van der Waals surface area contributed by atoms with Crippen LogP contribution in [-0.2, 0) is 19.6 Å². The van der Waals surface area contributed by atoms with Gasteiger partial charge in [-0.05, 0) is 31.5 Å². The quantitative estimate of drug-likeness (QED) is 0.447. The SMILES string of the molecule is CCO[SiH](Cc1ccc2c(c1)C(=O)OC2=O)OCC. The van der Waals surface area contributed by atoms with Crippen LogP contribution in [0.1, 0.15) is 40.1 Å². The average molecular weight is 280 g/mol. The van der Waals surface area contributed by atoms with Crippen molar-refractivity contribution in [3.8, 4) is 0 Å². The van der Waals surface area contributed by atoms with E-state index in [0.29, 0.717) is 30.4 Å². The van der Waals surface area contributed by atoms with Gasteiger partial charge in [0.25, 0.3) is 0 Å². The Kier molecular flexibility index (Phi) is 4.46. The lowest BCUT2D eigenvalue weighted by Crippen LogP contribution is -2.26. The van der Waals surface area contributed by atoms with Crippen molar-refractivity contribution in [2.45, 2.75) is 19.9 Å². The third-order valence-electron chi connectivity index (χ3n) is 2.82. The Balaban J connectivity index is 2.16. The summed E-state index contributed by atoms with van der Waals surface area (Å²) in [5, 5.41) is 0. The molecule has 0 aromatic heterocycles. The van der Waals surface area contributed by atoms with Crippen LogP contribution >= 0.6 is 0 Å². The highest BCUT2D eigenvalue weighted by Crippen LogP contribution is 2.21. The van der Waals surface area contributed by atoms with Gasteiger partial charge in [-0.2, -0.15) is 0 Å². The third kappa shape index (κ3) is 3.09. The van der Waals surface area contributed by atoms with Gasteiger partial charge >= 0.3 is 21.2 Å². The van der Waals surface area contributed by atoms with Crippen LogP contribution in [0.5, 0.6) is 0 Å². The number of esters is 2. The van der Waals surface area contributed by atoms with Gasteiger partial charge in [-0.1, -0.05) is 6.07 Å². The van der Waals surface area contributed by atoms with Gasteiger partial charge in [0.2, 0.25) is 0 Å². The predicted molar refractivity (Wildman–Crippen MR) is 70.3 cm³/mol. The number of rotatable bonds is 6. The Morgan fingerprint density at radius 3 is 2.32 bits per heavy atom. The standard InChI is InChI=1S/C13H16O5Si/c1-3-16-19(17-4-2)8-9-5-6-10-11(7-9)13(15)18-12(10)14/h5-7,19H,3-4,8H2,1-2H3. The molecule has 0 saturated carbocycles. The number of benzene rings is 1. The normalized spacial score (nSPS) is 13.8. The molecule has 2 rings (SSSR count). The van der Waals surface area contributed by atoms with Crippen LogP contribution in [0.3, 0.4) is 0 Å². The number of fused-ring (bicyclic) bond motifs is 1. The smallest absolute Gasteiger partial charge is 0.346 e. The van der Waals surface area contributed by atoms with E-state index >= 15 is 0 Å². The van der Waals surface area contributed by atoms with Crippen LogP contribution in [0.15, 0.2) is 18.2 Å². The molecule has 102 valence electrons. The Bertz CT molecular complexity index is 494. The van der Waals surface area contributed by atoms with E-state index in [1.165, 1.54) is 0 Å². The van der Waals surface area contributed by atoms with Crippen LogP contribution in [0.4, 0.5) is 0 Å². The van der Waals surface area contributed by atoms with Crippen LogP contribution in [0.2, 0.25) is 0 Å². The zero-order chi connectivity index (χ0) is 13.8. The molecule has 6 heteroatoms. The van der Waals surface area contributed by atoms with Crippen LogP contribution in [-0.4, -0.2) is 34.4 Å². The fourth-order valence-corrected chi connectivity index (χ4v) is 3.70. The maximum atomic E-state index is 11.5. The van der Waals surface area contributed by atoms with E-state index in [4.69, 9.17) is 8.85 Å². The zero-order valence-corrected chi connectivity index (χ0v) is 12.1. The first-order valence-electron chi connectivity index (χ1n) is 6.28. The van der Waals surface area contributed by atoms with E-state index in [1.54, 1.807) is 12.1 Å². The maximum absolute atomic E-state index is 11.5. The van der Waals surface area contributed by atoms with Gasteiger partial charge in [-0.15, -0.1) is 0 Å². The lowest BCUT2D eigenvalue weighted by molar-refractivity contribution is 0.0443. The number of carbonyl (C=O) groups is 2. The van der Waals surface area contributed by atoms with E-state index < -0.39 is 21.2 Å². The van der Waals surface area contributed by atoms with Crippen LogP contribution < -0.4 is 0 Å². The number of hydrogen-bond acceptors (Lipinski definition) is 5. The van der Waals surface area contributed by atoms with E-state index in [0.717, 1.165) is 5.56 Å². The number of cyclic esters (lactones) is 2. The predicted octanol–water partition coefficient (Wildman–Crippen LogP) is 1.37. The minimum atomic E-state index is -1.76. The number of ether oxygens (including phenoxy) is 1. The Morgan fingerprint density at radius 1 is 1.05 bits per heavy atom. The highest BCUT2D eigenvalue weighted by atomic mass is 28.3. The van der Waals surface area contributed by atoms with Crippen molar-refractivity contribution in [1.29, 1.82) is 0 Å².